The SMILES string of the molecule is Cc1nc(C(C)C)sc1C(=O)N1CCC2(CC1)C[C@@H](C(=O)O)N(C)C2. The lowest BCUT2D eigenvalue weighted by molar-refractivity contribution is -0.141. The minimum Gasteiger partial charge on any atom is -0.480 e. The van der Waals surface area contributed by atoms with Crippen molar-refractivity contribution in [3.8, 4) is 0 Å². The molecule has 2 aliphatic rings. The summed E-state index contributed by atoms with van der Waals surface area (Å²) in [5.74, 6) is -0.325. The number of carboxylic acid groups (broad SMARTS) is 1. The Morgan fingerprint density at radius 1 is 1.32 bits per heavy atom. The molecule has 0 bridgehead atoms. The predicted molar refractivity (Wildman–Crippen MR) is 97.2 cm³/mol. The van der Waals surface area contributed by atoms with Gasteiger partial charge >= 0.3 is 5.97 Å². The molecule has 0 saturated carbocycles. The summed E-state index contributed by atoms with van der Waals surface area (Å²) < 4.78 is 0. The van der Waals surface area contributed by atoms with Crippen LogP contribution >= 0.6 is 11.3 Å². The largest absolute Gasteiger partial charge is 0.480 e. The van der Waals surface area contributed by atoms with Crippen molar-refractivity contribution in [2.75, 3.05) is 26.7 Å². The third kappa shape index (κ3) is 3.44. The topological polar surface area (TPSA) is 73.7 Å². The van der Waals surface area contributed by atoms with Crippen molar-refractivity contribution < 1.29 is 14.7 Å². The van der Waals surface area contributed by atoms with Gasteiger partial charge in [-0.1, -0.05) is 13.8 Å². The third-order valence-electron chi connectivity index (χ3n) is 5.64. The Balaban J connectivity index is 1.67. The van der Waals surface area contributed by atoms with Gasteiger partial charge in [-0.2, -0.15) is 0 Å². The molecule has 0 aromatic carbocycles. The Labute approximate surface area is 152 Å². The smallest absolute Gasteiger partial charge is 0.320 e. The second-order valence-electron chi connectivity index (χ2n) is 7.89. The first-order valence-corrected chi connectivity index (χ1v) is 9.74. The fourth-order valence-corrected chi connectivity index (χ4v) is 5.14. The molecule has 1 atom stereocenters. The number of aryl methyl sites for hydroxylation is 1. The van der Waals surface area contributed by atoms with E-state index in [0.717, 1.165) is 35.0 Å². The highest BCUT2D eigenvalue weighted by Gasteiger charge is 2.47. The molecular formula is C18H27N3O3S. The highest BCUT2D eigenvalue weighted by Crippen LogP contribution is 2.43. The molecule has 0 radical (unpaired) electrons. The molecule has 6 nitrogen and oxygen atoms in total. The van der Waals surface area contributed by atoms with Gasteiger partial charge in [0, 0.05) is 25.6 Å². The van der Waals surface area contributed by atoms with E-state index in [9.17, 15) is 14.7 Å². The number of nitrogens with zero attached hydrogens (tertiary/aromatic N) is 3. The number of likely N-dealkylation sites (tertiary alicyclic amines) is 2. The zero-order chi connectivity index (χ0) is 18.4. The molecule has 1 amide bonds. The average Bonchev–Trinajstić information content (AvgIpc) is 3.08. The fourth-order valence-electron chi connectivity index (χ4n) is 4.10. The van der Waals surface area contributed by atoms with E-state index in [2.05, 4.69) is 18.8 Å². The second-order valence-corrected chi connectivity index (χ2v) is 8.92. The summed E-state index contributed by atoms with van der Waals surface area (Å²) in [6.45, 7) is 8.30. The molecule has 1 N–H and O–H groups in total. The molecule has 2 fully saturated rings. The Morgan fingerprint density at radius 2 is 1.96 bits per heavy atom. The van der Waals surface area contributed by atoms with Crippen LogP contribution in [0.4, 0.5) is 0 Å². The molecule has 1 spiro atoms. The van der Waals surface area contributed by atoms with E-state index in [-0.39, 0.29) is 17.4 Å². The third-order valence-corrected chi connectivity index (χ3v) is 7.09. The van der Waals surface area contributed by atoms with Gasteiger partial charge in [-0.05, 0) is 38.6 Å². The molecule has 25 heavy (non-hydrogen) atoms. The van der Waals surface area contributed by atoms with Crippen LogP contribution in [0.5, 0.6) is 0 Å². The Hall–Kier alpha value is -1.47. The molecular weight excluding hydrogens is 338 g/mol. The van der Waals surface area contributed by atoms with Gasteiger partial charge in [-0.15, -0.1) is 11.3 Å². The van der Waals surface area contributed by atoms with Gasteiger partial charge in [0.25, 0.3) is 5.91 Å². The van der Waals surface area contributed by atoms with E-state index in [1.165, 1.54) is 11.3 Å². The number of aliphatic carboxylic acids is 1. The van der Waals surface area contributed by atoms with Crippen molar-refractivity contribution in [1.29, 1.82) is 0 Å². The summed E-state index contributed by atoms with van der Waals surface area (Å²) in [5.41, 5.74) is 0.867. The van der Waals surface area contributed by atoms with Crippen LogP contribution in [-0.2, 0) is 4.79 Å². The first kappa shape index (κ1) is 18.3. The normalized spacial score (nSPS) is 23.6. The second kappa shape index (κ2) is 6.68. The average molecular weight is 365 g/mol. The van der Waals surface area contributed by atoms with Crippen molar-refractivity contribution in [3.63, 3.8) is 0 Å². The van der Waals surface area contributed by atoms with Crippen LogP contribution in [0.1, 0.15) is 59.4 Å². The molecule has 0 unspecified atom stereocenters. The summed E-state index contributed by atoms with van der Waals surface area (Å²) >= 11 is 1.51. The number of carbonyl (C=O) groups excluding carboxylic acids is 1. The molecule has 3 heterocycles. The molecule has 1 aromatic heterocycles. The van der Waals surface area contributed by atoms with Crippen LogP contribution < -0.4 is 0 Å². The van der Waals surface area contributed by atoms with Crippen molar-refractivity contribution in [2.45, 2.75) is 52.0 Å². The van der Waals surface area contributed by atoms with Gasteiger partial charge < -0.3 is 10.0 Å². The number of aromatic nitrogens is 1. The first-order chi connectivity index (χ1) is 11.7. The highest BCUT2D eigenvalue weighted by atomic mass is 32.1. The number of carbonyl (C=O) groups is 2. The van der Waals surface area contributed by atoms with Gasteiger partial charge in [0.1, 0.15) is 10.9 Å². The van der Waals surface area contributed by atoms with Crippen LogP contribution in [-0.4, -0.2) is 64.5 Å². The lowest BCUT2D eigenvalue weighted by Crippen LogP contribution is -2.44. The van der Waals surface area contributed by atoms with Gasteiger partial charge in [0.05, 0.1) is 10.7 Å². The minimum absolute atomic E-state index is 0.0421. The maximum absolute atomic E-state index is 12.9. The standard InChI is InChI=1S/C18H27N3O3S/c1-11(2)15-19-12(3)14(25-15)16(22)21-7-5-18(6-8-21)9-13(17(23)24)20(4)10-18/h11,13H,5-10H2,1-4H3,(H,23,24)/t13-/m0/s1. The number of piperidine rings is 1. The molecule has 0 aliphatic carbocycles. The lowest BCUT2D eigenvalue weighted by atomic mass is 9.76. The van der Waals surface area contributed by atoms with Gasteiger partial charge in [0.15, 0.2) is 0 Å². The number of thiazole rings is 1. The Kier molecular flexibility index (Phi) is 4.90. The molecule has 2 saturated heterocycles. The van der Waals surface area contributed by atoms with E-state index < -0.39 is 5.97 Å². The van der Waals surface area contributed by atoms with E-state index >= 15 is 0 Å². The molecule has 3 rings (SSSR count). The van der Waals surface area contributed by atoms with Crippen molar-refractivity contribution in [2.24, 2.45) is 5.41 Å². The number of hydrogen-bond acceptors (Lipinski definition) is 5. The van der Waals surface area contributed by atoms with Crippen LogP contribution in [0.25, 0.3) is 0 Å². The summed E-state index contributed by atoms with van der Waals surface area (Å²) in [6, 6.07) is -0.389. The quantitative estimate of drug-likeness (QED) is 0.891. The van der Waals surface area contributed by atoms with Crippen molar-refractivity contribution in [3.05, 3.63) is 15.6 Å². The number of carboxylic acids is 1. The van der Waals surface area contributed by atoms with Crippen molar-refractivity contribution >= 4 is 23.2 Å². The fraction of sp³-hybridized carbons (Fsp3) is 0.722. The number of hydrogen-bond donors (Lipinski definition) is 1. The monoisotopic (exact) mass is 365 g/mol. The van der Waals surface area contributed by atoms with E-state index in [1.807, 2.05) is 23.8 Å². The van der Waals surface area contributed by atoms with Crippen LogP contribution in [0, 0.1) is 12.3 Å². The highest BCUT2D eigenvalue weighted by molar-refractivity contribution is 7.13. The molecule has 1 aromatic rings. The van der Waals surface area contributed by atoms with Crippen molar-refractivity contribution in [1.82, 2.24) is 14.8 Å². The first-order valence-electron chi connectivity index (χ1n) is 8.92. The van der Waals surface area contributed by atoms with Crippen LogP contribution in [0.3, 0.4) is 0 Å². The number of likely N-dealkylation sites (N-methyl/N-ethyl adjacent to an activating group) is 1. The zero-order valence-corrected chi connectivity index (χ0v) is 16.2. The van der Waals surface area contributed by atoms with E-state index in [4.69, 9.17) is 0 Å². The van der Waals surface area contributed by atoms with Crippen LogP contribution in [0.15, 0.2) is 0 Å². The summed E-state index contributed by atoms with van der Waals surface area (Å²) in [6.07, 6.45) is 2.45. The molecule has 138 valence electrons. The Morgan fingerprint density at radius 3 is 2.44 bits per heavy atom. The van der Waals surface area contributed by atoms with Gasteiger partial charge in [-0.3, -0.25) is 14.5 Å². The number of amides is 1. The van der Waals surface area contributed by atoms with Gasteiger partial charge in [0.2, 0.25) is 0 Å². The maximum Gasteiger partial charge on any atom is 0.320 e. The van der Waals surface area contributed by atoms with Crippen LogP contribution in [0.2, 0.25) is 0 Å². The predicted octanol–water partition coefficient (Wildman–Crippen LogP) is 2.59. The van der Waals surface area contributed by atoms with Gasteiger partial charge in [-0.25, -0.2) is 4.98 Å². The molecule has 7 heteroatoms. The minimum atomic E-state index is -0.737. The summed E-state index contributed by atoms with van der Waals surface area (Å²) in [5, 5.41) is 10.4. The van der Waals surface area contributed by atoms with E-state index in [0.29, 0.717) is 25.4 Å². The van der Waals surface area contributed by atoms with E-state index in [1.54, 1.807) is 0 Å². The Bertz CT molecular complexity index is 677. The number of rotatable bonds is 3. The summed E-state index contributed by atoms with van der Waals surface area (Å²) in [7, 11) is 1.89. The zero-order valence-electron chi connectivity index (χ0n) is 15.4. The molecule has 2 aliphatic heterocycles. The maximum atomic E-state index is 12.9. The lowest BCUT2D eigenvalue weighted by Gasteiger charge is -2.39. The summed E-state index contributed by atoms with van der Waals surface area (Å²) in [4.78, 5) is 33.4.